The van der Waals surface area contributed by atoms with Crippen LogP contribution in [-0.2, 0) is 18.4 Å². The highest BCUT2D eigenvalue weighted by atomic mass is 35.5. The summed E-state index contributed by atoms with van der Waals surface area (Å²) >= 11 is 5.80. The van der Waals surface area contributed by atoms with Crippen LogP contribution >= 0.6 is 11.6 Å². The van der Waals surface area contributed by atoms with Crippen LogP contribution in [0.2, 0.25) is 5.02 Å². The number of benzene rings is 1. The van der Waals surface area contributed by atoms with Gasteiger partial charge in [0.2, 0.25) is 5.91 Å². The normalized spacial score (nSPS) is 16.2. The highest BCUT2D eigenvalue weighted by Crippen LogP contribution is 2.28. The van der Waals surface area contributed by atoms with Gasteiger partial charge >= 0.3 is 0 Å². The molecule has 1 fully saturated rings. The van der Waals surface area contributed by atoms with Crippen LogP contribution in [0.1, 0.15) is 18.7 Å². The molecule has 1 amide bonds. The lowest BCUT2D eigenvalue weighted by Gasteiger charge is -2.31. The molecule has 6 nitrogen and oxygen atoms in total. The summed E-state index contributed by atoms with van der Waals surface area (Å²) in [6.45, 7) is 2.52. The summed E-state index contributed by atoms with van der Waals surface area (Å²) < 4.78 is 2.02. The third kappa shape index (κ3) is 3.88. The van der Waals surface area contributed by atoms with Crippen molar-refractivity contribution in [2.45, 2.75) is 19.4 Å². The third-order valence-corrected chi connectivity index (χ3v) is 4.70. The topological polar surface area (TPSA) is 70.4 Å². The number of aryl methyl sites for hydroxylation is 1. The first kappa shape index (κ1) is 16.8. The van der Waals surface area contributed by atoms with Gasteiger partial charge < -0.3 is 15.0 Å². The second-order valence-electron chi connectivity index (χ2n) is 6.16. The predicted octanol–water partition coefficient (Wildman–Crippen LogP) is 2.63. The number of nitrogens with one attached hydrogen (secondary N) is 1. The molecule has 0 radical (unpaired) electrons. The fourth-order valence-corrected chi connectivity index (χ4v) is 3.11. The number of aromatic nitrogens is 2. The first-order valence-corrected chi connectivity index (χ1v) is 8.38. The number of nitrogens with zero attached hydrogens (tertiary/aromatic N) is 3. The summed E-state index contributed by atoms with van der Waals surface area (Å²) in [6, 6.07) is 4.69. The Morgan fingerprint density at radius 2 is 2.17 bits per heavy atom. The van der Waals surface area contributed by atoms with E-state index in [9.17, 15) is 9.90 Å². The number of halogens is 1. The predicted molar refractivity (Wildman–Crippen MR) is 93.0 cm³/mol. The first-order chi connectivity index (χ1) is 11.5. The van der Waals surface area contributed by atoms with Crippen molar-refractivity contribution >= 4 is 23.2 Å². The number of rotatable bonds is 4. The molecule has 3 rings (SSSR count). The zero-order chi connectivity index (χ0) is 17.1. The summed E-state index contributed by atoms with van der Waals surface area (Å²) in [7, 11) is 1.99. The maximum absolute atomic E-state index is 12.4. The highest BCUT2D eigenvalue weighted by Gasteiger charge is 2.26. The average Bonchev–Trinajstić information content (AvgIpc) is 2.96. The fraction of sp³-hybridized carbons (Fsp3) is 0.412. The van der Waals surface area contributed by atoms with Crippen molar-refractivity contribution in [3.8, 4) is 5.75 Å². The minimum absolute atomic E-state index is 0.0110. The van der Waals surface area contributed by atoms with Gasteiger partial charge in [-0.2, -0.15) is 0 Å². The Bertz CT molecular complexity index is 723. The summed E-state index contributed by atoms with van der Waals surface area (Å²) in [5.74, 6) is 0.925. The lowest BCUT2D eigenvalue weighted by molar-refractivity contribution is -0.121. The van der Waals surface area contributed by atoms with E-state index in [-0.39, 0.29) is 17.6 Å². The molecule has 0 atom stereocenters. The van der Waals surface area contributed by atoms with E-state index >= 15 is 0 Å². The van der Waals surface area contributed by atoms with Gasteiger partial charge in [0.1, 0.15) is 11.6 Å². The summed E-state index contributed by atoms with van der Waals surface area (Å²) in [4.78, 5) is 19.0. The summed E-state index contributed by atoms with van der Waals surface area (Å²) in [5.41, 5.74) is 0.403. The molecule has 0 spiro atoms. The Labute approximate surface area is 146 Å². The van der Waals surface area contributed by atoms with Gasteiger partial charge in [-0.05, 0) is 38.1 Å². The van der Waals surface area contributed by atoms with Crippen LogP contribution in [-0.4, -0.2) is 38.6 Å². The van der Waals surface area contributed by atoms with Crippen LogP contribution in [0.4, 0.5) is 5.69 Å². The van der Waals surface area contributed by atoms with E-state index in [0.29, 0.717) is 10.7 Å². The molecule has 1 saturated heterocycles. The maximum atomic E-state index is 12.4. The molecule has 2 aromatic rings. The van der Waals surface area contributed by atoms with Gasteiger partial charge in [-0.25, -0.2) is 4.98 Å². The van der Waals surface area contributed by atoms with E-state index in [1.165, 1.54) is 6.07 Å². The zero-order valence-corrected chi connectivity index (χ0v) is 14.3. The van der Waals surface area contributed by atoms with Gasteiger partial charge in [0.05, 0.1) is 12.2 Å². The largest absolute Gasteiger partial charge is 0.506 e. The van der Waals surface area contributed by atoms with Crippen molar-refractivity contribution in [1.82, 2.24) is 14.5 Å². The Kier molecular flexibility index (Phi) is 5.06. The van der Waals surface area contributed by atoms with E-state index in [1.54, 1.807) is 18.3 Å². The van der Waals surface area contributed by atoms with Crippen molar-refractivity contribution in [3.63, 3.8) is 0 Å². The standard InChI is InChI=1S/C17H21ClN4O2/c1-21-9-6-19-16(21)11-22-7-4-12(5-8-22)17(24)20-14-3-2-13(18)10-15(14)23/h2-3,6,9-10,12,23H,4-5,7-8,11H2,1H3,(H,20,24). The number of phenols is 1. The molecule has 0 saturated carbocycles. The Hall–Kier alpha value is -2.05. The van der Waals surface area contributed by atoms with E-state index in [2.05, 4.69) is 15.2 Å². The maximum Gasteiger partial charge on any atom is 0.227 e. The number of phenolic OH excluding ortho intramolecular Hbond substituents is 1. The Morgan fingerprint density at radius 3 is 2.79 bits per heavy atom. The van der Waals surface area contributed by atoms with Crippen LogP contribution in [0, 0.1) is 5.92 Å². The molecular formula is C17H21ClN4O2. The van der Waals surface area contributed by atoms with Crippen LogP contribution in [0.3, 0.4) is 0 Å². The van der Waals surface area contributed by atoms with Gasteiger partial charge in [0.15, 0.2) is 0 Å². The van der Waals surface area contributed by atoms with Crippen LogP contribution in [0.25, 0.3) is 0 Å². The van der Waals surface area contributed by atoms with Crippen molar-refractivity contribution in [3.05, 3.63) is 41.4 Å². The Morgan fingerprint density at radius 1 is 1.42 bits per heavy atom. The number of piperidine rings is 1. The number of amides is 1. The molecule has 24 heavy (non-hydrogen) atoms. The number of carbonyl (C=O) groups excluding carboxylic acids is 1. The van der Waals surface area contributed by atoms with Crippen LogP contribution in [0.5, 0.6) is 5.75 Å². The van der Waals surface area contributed by atoms with Crippen molar-refractivity contribution < 1.29 is 9.90 Å². The molecular weight excluding hydrogens is 328 g/mol. The molecule has 128 valence electrons. The van der Waals surface area contributed by atoms with Gasteiger partial charge in [0.25, 0.3) is 0 Å². The lowest BCUT2D eigenvalue weighted by atomic mass is 9.95. The molecule has 0 bridgehead atoms. The van der Waals surface area contributed by atoms with Crippen LogP contribution in [0.15, 0.2) is 30.6 Å². The summed E-state index contributed by atoms with van der Waals surface area (Å²) in [6.07, 6.45) is 5.33. The number of hydrogen-bond acceptors (Lipinski definition) is 4. The minimum Gasteiger partial charge on any atom is -0.506 e. The molecule has 1 aromatic heterocycles. The number of imidazole rings is 1. The number of hydrogen-bond donors (Lipinski definition) is 2. The molecule has 2 N–H and O–H groups in total. The fourth-order valence-electron chi connectivity index (χ4n) is 2.95. The van der Waals surface area contributed by atoms with E-state index in [1.807, 2.05) is 17.8 Å². The van der Waals surface area contributed by atoms with Gasteiger partial charge in [-0.1, -0.05) is 11.6 Å². The number of aromatic hydroxyl groups is 1. The Balaban J connectivity index is 1.52. The van der Waals surface area contributed by atoms with Crippen molar-refractivity contribution in [2.75, 3.05) is 18.4 Å². The second kappa shape index (κ2) is 7.23. The van der Waals surface area contributed by atoms with Gasteiger partial charge in [-0.15, -0.1) is 0 Å². The monoisotopic (exact) mass is 348 g/mol. The van der Waals surface area contributed by atoms with Crippen molar-refractivity contribution in [1.29, 1.82) is 0 Å². The molecule has 1 aromatic carbocycles. The van der Waals surface area contributed by atoms with E-state index in [0.717, 1.165) is 38.3 Å². The molecule has 7 heteroatoms. The quantitative estimate of drug-likeness (QED) is 0.833. The highest BCUT2D eigenvalue weighted by molar-refractivity contribution is 6.30. The van der Waals surface area contributed by atoms with E-state index < -0.39 is 0 Å². The minimum atomic E-state index is -0.0516. The van der Waals surface area contributed by atoms with Crippen LogP contribution < -0.4 is 5.32 Å². The smallest absolute Gasteiger partial charge is 0.227 e. The average molecular weight is 349 g/mol. The molecule has 0 aliphatic carbocycles. The van der Waals surface area contributed by atoms with Crippen molar-refractivity contribution in [2.24, 2.45) is 13.0 Å². The molecule has 0 unspecified atom stereocenters. The zero-order valence-electron chi connectivity index (χ0n) is 13.6. The molecule has 1 aliphatic rings. The van der Waals surface area contributed by atoms with E-state index in [4.69, 9.17) is 11.6 Å². The SMILES string of the molecule is Cn1ccnc1CN1CCC(C(=O)Nc2ccc(Cl)cc2O)CC1. The number of anilines is 1. The lowest BCUT2D eigenvalue weighted by Crippen LogP contribution is -2.38. The number of carbonyl (C=O) groups is 1. The van der Waals surface area contributed by atoms with Gasteiger partial charge in [0, 0.05) is 36.4 Å². The molecule has 1 aliphatic heterocycles. The number of likely N-dealkylation sites (tertiary alicyclic amines) is 1. The van der Waals surface area contributed by atoms with Gasteiger partial charge in [-0.3, -0.25) is 9.69 Å². The summed E-state index contributed by atoms with van der Waals surface area (Å²) in [5, 5.41) is 13.1. The molecule has 2 heterocycles. The third-order valence-electron chi connectivity index (χ3n) is 4.46. The first-order valence-electron chi connectivity index (χ1n) is 8.01. The second-order valence-corrected chi connectivity index (χ2v) is 6.59.